The van der Waals surface area contributed by atoms with Crippen molar-refractivity contribution in [3.8, 4) is 0 Å². The van der Waals surface area contributed by atoms with E-state index in [0.29, 0.717) is 17.4 Å². The molecule has 0 radical (unpaired) electrons. The van der Waals surface area contributed by atoms with Gasteiger partial charge in [-0.1, -0.05) is 55.8 Å². The van der Waals surface area contributed by atoms with Crippen molar-refractivity contribution in [1.29, 1.82) is 0 Å². The molecule has 2 aromatic rings. The van der Waals surface area contributed by atoms with Crippen molar-refractivity contribution < 1.29 is 8.42 Å². The van der Waals surface area contributed by atoms with Crippen molar-refractivity contribution >= 4 is 10.0 Å². The zero-order valence-electron chi connectivity index (χ0n) is 14.6. The van der Waals surface area contributed by atoms with Crippen LogP contribution in [0.2, 0.25) is 0 Å². The Hall–Kier alpha value is -1.65. The standard InChI is InChI=1S/C20H25NO2S/c1-15(2)17-10-12-19(13-11-17)24(22,23)21-14-4-5-20(21)18-8-6-16(3)7-9-18/h6-13,15,20H,4-5,14H2,1-3H3. The fourth-order valence-corrected chi connectivity index (χ4v) is 4.99. The highest BCUT2D eigenvalue weighted by Crippen LogP contribution is 2.36. The first-order valence-electron chi connectivity index (χ1n) is 8.58. The van der Waals surface area contributed by atoms with Gasteiger partial charge in [0.15, 0.2) is 0 Å². The first-order chi connectivity index (χ1) is 11.4. The van der Waals surface area contributed by atoms with Crippen molar-refractivity contribution in [2.45, 2.75) is 50.5 Å². The summed E-state index contributed by atoms with van der Waals surface area (Å²) in [6.07, 6.45) is 1.79. The van der Waals surface area contributed by atoms with E-state index < -0.39 is 10.0 Å². The van der Waals surface area contributed by atoms with Crippen LogP contribution in [-0.2, 0) is 10.0 Å². The Morgan fingerprint density at radius 2 is 1.62 bits per heavy atom. The van der Waals surface area contributed by atoms with Crippen LogP contribution in [0.3, 0.4) is 0 Å². The first kappa shape index (κ1) is 17.2. The molecule has 2 aromatic carbocycles. The van der Waals surface area contributed by atoms with Crippen LogP contribution >= 0.6 is 0 Å². The fourth-order valence-electron chi connectivity index (χ4n) is 3.31. The molecule has 1 saturated heterocycles. The Labute approximate surface area is 145 Å². The molecular weight excluding hydrogens is 318 g/mol. The highest BCUT2D eigenvalue weighted by Gasteiger charge is 2.36. The average molecular weight is 343 g/mol. The van der Waals surface area contributed by atoms with E-state index in [2.05, 4.69) is 38.1 Å². The lowest BCUT2D eigenvalue weighted by Crippen LogP contribution is -2.30. The van der Waals surface area contributed by atoms with Crippen molar-refractivity contribution in [3.63, 3.8) is 0 Å². The van der Waals surface area contributed by atoms with Gasteiger partial charge in [0.05, 0.1) is 10.9 Å². The molecule has 1 atom stereocenters. The summed E-state index contributed by atoms with van der Waals surface area (Å²) in [4.78, 5) is 0.394. The van der Waals surface area contributed by atoms with Gasteiger partial charge in [-0.25, -0.2) is 8.42 Å². The molecule has 1 unspecified atom stereocenters. The molecule has 0 aromatic heterocycles. The van der Waals surface area contributed by atoms with E-state index in [1.54, 1.807) is 16.4 Å². The van der Waals surface area contributed by atoms with Crippen LogP contribution < -0.4 is 0 Å². The summed E-state index contributed by atoms with van der Waals surface area (Å²) in [6, 6.07) is 15.5. The van der Waals surface area contributed by atoms with Gasteiger partial charge in [0.2, 0.25) is 10.0 Å². The minimum absolute atomic E-state index is 0.0552. The van der Waals surface area contributed by atoms with Gasteiger partial charge >= 0.3 is 0 Å². The molecule has 0 N–H and O–H groups in total. The summed E-state index contributed by atoms with van der Waals surface area (Å²) in [6.45, 7) is 6.85. The Bertz CT molecular complexity index is 793. The van der Waals surface area contributed by atoms with Crippen LogP contribution in [0.15, 0.2) is 53.4 Å². The second-order valence-corrected chi connectivity index (χ2v) is 8.80. The molecule has 3 rings (SSSR count). The van der Waals surface area contributed by atoms with Gasteiger partial charge in [-0.05, 0) is 48.9 Å². The van der Waals surface area contributed by atoms with Gasteiger partial charge in [0.1, 0.15) is 0 Å². The third-order valence-electron chi connectivity index (χ3n) is 4.82. The van der Waals surface area contributed by atoms with Crippen molar-refractivity contribution in [3.05, 3.63) is 65.2 Å². The second kappa shape index (κ2) is 6.69. The summed E-state index contributed by atoms with van der Waals surface area (Å²) >= 11 is 0. The number of nitrogens with zero attached hydrogens (tertiary/aromatic N) is 1. The number of hydrogen-bond acceptors (Lipinski definition) is 2. The van der Waals surface area contributed by atoms with E-state index in [9.17, 15) is 8.42 Å². The maximum Gasteiger partial charge on any atom is 0.243 e. The lowest BCUT2D eigenvalue weighted by Gasteiger charge is -2.24. The third kappa shape index (κ3) is 3.26. The molecule has 128 valence electrons. The molecule has 1 aliphatic rings. The van der Waals surface area contributed by atoms with Gasteiger partial charge in [0.25, 0.3) is 0 Å². The van der Waals surface area contributed by atoms with E-state index in [1.165, 1.54) is 5.56 Å². The van der Waals surface area contributed by atoms with E-state index >= 15 is 0 Å². The highest BCUT2D eigenvalue weighted by atomic mass is 32.2. The Morgan fingerprint density at radius 3 is 2.21 bits per heavy atom. The Morgan fingerprint density at radius 1 is 1.00 bits per heavy atom. The van der Waals surface area contributed by atoms with Crippen LogP contribution in [0.5, 0.6) is 0 Å². The van der Waals surface area contributed by atoms with Crippen LogP contribution in [0.1, 0.15) is 55.3 Å². The molecule has 3 nitrogen and oxygen atoms in total. The third-order valence-corrected chi connectivity index (χ3v) is 6.74. The van der Waals surface area contributed by atoms with Gasteiger partial charge in [0, 0.05) is 6.54 Å². The molecule has 1 heterocycles. The minimum Gasteiger partial charge on any atom is -0.207 e. The van der Waals surface area contributed by atoms with E-state index in [4.69, 9.17) is 0 Å². The number of benzene rings is 2. The molecule has 1 fully saturated rings. The summed E-state index contributed by atoms with van der Waals surface area (Å²) in [5, 5.41) is 0. The molecule has 0 saturated carbocycles. The first-order valence-corrected chi connectivity index (χ1v) is 10.0. The minimum atomic E-state index is -3.46. The molecule has 24 heavy (non-hydrogen) atoms. The number of aryl methyl sites for hydroxylation is 1. The number of hydrogen-bond donors (Lipinski definition) is 0. The SMILES string of the molecule is Cc1ccc(C2CCCN2S(=O)(=O)c2ccc(C(C)C)cc2)cc1. The summed E-state index contributed by atoms with van der Waals surface area (Å²) in [7, 11) is -3.46. The van der Waals surface area contributed by atoms with E-state index in [-0.39, 0.29) is 6.04 Å². The van der Waals surface area contributed by atoms with E-state index in [1.807, 2.05) is 19.1 Å². The largest absolute Gasteiger partial charge is 0.243 e. The quantitative estimate of drug-likeness (QED) is 0.811. The predicted octanol–water partition coefficient (Wildman–Crippen LogP) is 4.64. The second-order valence-electron chi connectivity index (χ2n) is 6.91. The predicted molar refractivity (Wildman–Crippen MR) is 97.6 cm³/mol. The molecule has 1 aliphatic heterocycles. The molecule has 0 amide bonds. The van der Waals surface area contributed by atoms with Gasteiger partial charge in [-0.15, -0.1) is 0 Å². The maximum atomic E-state index is 13.1. The average Bonchev–Trinajstić information content (AvgIpc) is 3.06. The van der Waals surface area contributed by atoms with Gasteiger partial charge in [-0.2, -0.15) is 4.31 Å². The number of rotatable bonds is 4. The van der Waals surface area contributed by atoms with Crippen molar-refractivity contribution in [2.75, 3.05) is 6.54 Å². The zero-order chi connectivity index (χ0) is 17.3. The highest BCUT2D eigenvalue weighted by molar-refractivity contribution is 7.89. The molecular formula is C20H25NO2S. The summed E-state index contributed by atoms with van der Waals surface area (Å²) < 4.78 is 27.9. The van der Waals surface area contributed by atoms with Gasteiger partial charge < -0.3 is 0 Å². The lowest BCUT2D eigenvalue weighted by atomic mass is 10.0. The van der Waals surface area contributed by atoms with Crippen molar-refractivity contribution in [2.24, 2.45) is 0 Å². The monoisotopic (exact) mass is 343 g/mol. The maximum absolute atomic E-state index is 13.1. The van der Waals surface area contributed by atoms with E-state index in [0.717, 1.165) is 24.0 Å². The Kier molecular flexibility index (Phi) is 4.79. The molecule has 0 aliphatic carbocycles. The molecule has 0 bridgehead atoms. The topological polar surface area (TPSA) is 37.4 Å². The molecule has 0 spiro atoms. The number of sulfonamides is 1. The lowest BCUT2D eigenvalue weighted by molar-refractivity contribution is 0.396. The van der Waals surface area contributed by atoms with Crippen LogP contribution in [0.25, 0.3) is 0 Å². The fraction of sp³-hybridized carbons (Fsp3) is 0.400. The van der Waals surface area contributed by atoms with Crippen LogP contribution in [0, 0.1) is 6.92 Å². The van der Waals surface area contributed by atoms with Crippen LogP contribution in [-0.4, -0.2) is 19.3 Å². The Balaban J connectivity index is 1.91. The normalized spacial score (nSPS) is 19.1. The summed E-state index contributed by atoms with van der Waals surface area (Å²) in [5.74, 6) is 0.397. The molecule has 4 heteroatoms. The van der Waals surface area contributed by atoms with Crippen molar-refractivity contribution in [1.82, 2.24) is 4.31 Å². The van der Waals surface area contributed by atoms with Crippen LogP contribution in [0.4, 0.5) is 0 Å². The van der Waals surface area contributed by atoms with Gasteiger partial charge in [-0.3, -0.25) is 0 Å². The summed E-state index contributed by atoms with van der Waals surface area (Å²) in [5.41, 5.74) is 3.43. The smallest absolute Gasteiger partial charge is 0.207 e. The zero-order valence-corrected chi connectivity index (χ0v) is 15.4.